The van der Waals surface area contributed by atoms with Crippen LogP contribution in [0.4, 0.5) is 10.5 Å². The van der Waals surface area contributed by atoms with Crippen molar-refractivity contribution < 1.29 is 14.4 Å². The van der Waals surface area contributed by atoms with Crippen LogP contribution in [0.1, 0.15) is 34.1 Å². The van der Waals surface area contributed by atoms with Crippen molar-refractivity contribution in [2.45, 2.75) is 39.7 Å². The maximum atomic E-state index is 12.3. The topological polar surface area (TPSA) is 90.5 Å². The van der Waals surface area contributed by atoms with Crippen LogP contribution in [0.5, 0.6) is 0 Å². The second-order valence-corrected chi connectivity index (χ2v) is 7.98. The van der Waals surface area contributed by atoms with Crippen molar-refractivity contribution in [2.75, 3.05) is 25.0 Å². The van der Waals surface area contributed by atoms with E-state index in [4.69, 9.17) is 23.2 Å². The fraction of sp³-hybridized carbons (Fsp3) is 0.500. The van der Waals surface area contributed by atoms with Crippen molar-refractivity contribution >= 4 is 46.7 Å². The van der Waals surface area contributed by atoms with Crippen molar-refractivity contribution in [1.29, 1.82) is 0 Å². The van der Waals surface area contributed by atoms with Gasteiger partial charge < -0.3 is 10.6 Å². The number of rotatable bonds is 7. The van der Waals surface area contributed by atoms with E-state index in [1.54, 1.807) is 17.0 Å². The van der Waals surface area contributed by atoms with Crippen LogP contribution in [-0.2, 0) is 9.59 Å². The highest BCUT2D eigenvalue weighted by Crippen LogP contribution is 2.25. The molecule has 7 nitrogen and oxygen atoms in total. The van der Waals surface area contributed by atoms with Crippen LogP contribution < -0.4 is 16.0 Å². The molecule has 0 saturated carbocycles. The Hall–Kier alpha value is -1.83. The van der Waals surface area contributed by atoms with Crippen molar-refractivity contribution in [3.63, 3.8) is 0 Å². The van der Waals surface area contributed by atoms with Crippen LogP contribution >= 0.6 is 23.2 Å². The van der Waals surface area contributed by atoms with E-state index in [0.717, 1.165) is 6.42 Å². The maximum Gasteiger partial charge on any atom is 0.321 e. The van der Waals surface area contributed by atoms with Crippen molar-refractivity contribution in [3.8, 4) is 0 Å². The predicted octanol–water partition coefficient (Wildman–Crippen LogP) is 3.27. The molecule has 0 fully saturated rings. The zero-order valence-electron chi connectivity index (χ0n) is 16.0. The minimum atomic E-state index is -0.568. The van der Waals surface area contributed by atoms with Crippen LogP contribution in [0, 0.1) is 0 Å². The molecule has 0 spiro atoms. The summed E-state index contributed by atoms with van der Waals surface area (Å²) >= 11 is 11.9. The van der Waals surface area contributed by atoms with Gasteiger partial charge in [0.15, 0.2) is 0 Å². The van der Waals surface area contributed by atoms with Gasteiger partial charge in [-0.2, -0.15) is 0 Å². The SMILES string of the molecule is CCCN(CC(=O)NC(=O)NC(C)(C)C)CC(=O)Nc1ccc(Cl)cc1Cl. The zero-order chi connectivity index (χ0) is 20.6. The van der Waals surface area contributed by atoms with E-state index in [-0.39, 0.29) is 19.0 Å². The summed E-state index contributed by atoms with van der Waals surface area (Å²) in [6.07, 6.45) is 0.746. The quantitative estimate of drug-likeness (QED) is 0.635. The molecule has 0 saturated heterocycles. The zero-order valence-corrected chi connectivity index (χ0v) is 17.5. The Labute approximate surface area is 169 Å². The Morgan fingerprint density at radius 2 is 1.70 bits per heavy atom. The fourth-order valence-electron chi connectivity index (χ4n) is 2.26. The lowest BCUT2D eigenvalue weighted by Gasteiger charge is -2.22. The van der Waals surface area contributed by atoms with Crippen LogP contribution in [0.2, 0.25) is 10.0 Å². The molecule has 1 rings (SSSR count). The number of benzene rings is 1. The summed E-state index contributed by atoms with van der Waals surface area (Å²) in [6, 6.07) is 4.19. The molecule has 0 aliphatic carbocycles. The van der Waals surface area contributed by atoms with Gasteiger partial charge in [0.2, 0.25) is 11.8 Å². The lowest BCUT2D eigenvalue weighted by molar-refractivity contribution is -0.122. The third kappa shape index (κ3) is 9.60. The molecular formula is C18H26Cl2N4O3. The van der Waals surface area contributed by atoms with Gasteiger partial charge in [0.1, 0.15) is 0 Å². The monoisotopic (exact) mass is 416 g/mol. The lowest BCUT2D eigenvalue weighted by Crippen LogP contribution is -2.50. The number of anilines is 1. The highest BCUT2D eigenvalue weighted by molar-refractivity contribution is 6.36. The summed E-state index contributed by atoms with van der Waals surface area (Å²) in [7, 11) is 0. The van der Waals surface area contributed by atoms with Gasteiger partial charge in [0.05, 0.1) is 23.8 Å². The molecule has 0 aliphatic rings. The third-order valence-electron chi connectivity index (χ3n) is 3.22. The number of carbonyl (C=O) groups is 3. The second-order valence-electron chi connectivity index (χ2n) is 7.14. The van der Waals surface area contributed by atoms with E-state index >= 15 is 0 Å². The first-order valence-corrected chi connectivity index (χ1v) is 9.35. The molecule has 4 amide bonds. The number of carbonyl (C=O) groups excluding carboxylic acids is 3. The van der Waals surface area contributed by atoms with E-state index < -0.39 is 17.5 Å². The molecule has 0 heterocycles. The Morgan fingerprint density at radius 3 is 2.26 bits per heavy atom. The molecule has 0 bridgehead atoms. The fourth-order valence-corrected chi connectivity index (χ4v) is 2.71. The molecule has 1 aromatic rings. The maximum absolute atomic E-state index is 12.3. The van der Waals surface area contributed by atoms with Gasteiger partial charge in [-0.1, -0.05) is 30.1 Å². The van der Waals surface area contributed by atoms with Crippen molar-refractivity contribution in [2.24, 2.45) is 0 Å². The average Bonchev–Trinajstić information content (AvgIpc) is 2.48. The summed E-state index contributed by atoms with van der Waals surface area (Å²) in [4.78, 5) is 37.8. The Morgan fingerprint density at radius 1 is 1.07 bits per heavy atom. The largest absolute Gasteiger partial charge is 0.333 e. The molecule has 0 aliphatic heterocycles. The van der Waals surface area contributed by atoms with Crippen molar-refractivity contribution in [1.82, 2.24) is 15.5 Å². The van der Waals surface area contributed by atoms with Crippen LogP contribution in [0.15, 0.2) is 18.2 Å². The molecule has 9 heteroatoms. The minimum Gasteiger partial charge on any atom is -0.333 e. The number of hydrogen-bond donors (Lipinski definition) is 3. The van der Waals surface area contributed by atoms with Crippen molar-refractivity contribution in [3.05, 3.63) is 28.2 Å². The van der Waals surface area contributed by atoms with Crippen LogP contribution in [-0.4, -0.2) is 47.9 Å². The van der Waals surface area contributed by atoms with E-state index in [1.165, 1.54) is 6.07 Å². The van der Waals surface area contributed by atoms with E-state index in [1.807, 2.05) is 27.7 Å². The number of nitrogens with one attached hydrogen (secondary N) is 3. The van der Waals surface area contributed by atoms with Crippen LogP contribution in [0.3, 0.4) is 0 Å². The minimum absolute atomic E-state index is 0.0128. The molecule has 0 radical (unpaired) electrons. The predicted molar refractivity (Wildman–Crippen MR) is 108 cm³/mol. The molecule has 0 aromatic heterocycles. The van der Waals surface area contributed by atoms with E-state index in [9.17, 15) is 14.4 Å². The number of imide groups is 1. The first kappa shape index (κ1) is 23.2. The van der Waals surface area contributed by atoms with Gasteiger partial charge in [-0.25, -0.2) is 4.79 Å². The van der Waals surface area contributed by atoms with Gasteiger partial charge in [-0.05, 0) is 51.9 Å². The highest BCUT2D eigenvalue weighted by atomic mass is 35.5. The third-order valence-corrected chi connectivity index (χ3v) is 3.77. The Balaban J connectivity index is 2.60. The van der Waals surface area contributed by atoms with Gasteiger partial charge in [0, 0.05) is 10.6 Å². The van der Waals surface area contributed by atoms with E-state index in [2.05, 4.69) is 16.0 Å². The molecule has 0 unspecified atom stereocenters. The lowest BCUT2D eigenvalue weighted by atomic mass is 10.1. The van der Waals surface area contributed by atoms with Gasteiger partial charge in [0.25, 0.3) is 0 Å². The smallest absolute Gasteiger partial charge is 0.321 e. The van der Waals surface area contributed by atoms with Crippen LogP contribution in [0.25, 0.3) is 0 Å². The average molecular weight is 417 g/mol. The highest BCUT2D eigenvalue weighted by Gasteiger charge is 2.19. The van der Waals surface area contributed by atoms with Gasteiger partial charge >= 0.3 is 6.03 Å². The first-order chi connectivity index (χ1) is 12.5. The first-order valence-electron chi connectivity index (χ1n) is 8.59. The summed E-state index contributed by atoms with van der Waals surface area (Å²) < 4.78 is 0. The molecule has 150 valence electrons. The van der Waals surface area contributed by atoms with Gasteiger partial charge in [-0.15, -0.1) is 0 Å². The normalized spacial score (nSPS) is 11.2. The number of amides is 4. The molecule has 27 heavy (non-hydrogen) atoms. The number of hydrogen-bond acceptors (Lipinski definition) is 4. The Kier molecular flexibility index (Phi) is 9.02. The molecule has 1 aromatic carbocycles. The van der Waals surface area contributed by atoms with Gasteiger partial charge in [-0.3, -0.25) is 19.8 Å². The van der Waals surface area contributed by atoms with E-state index in [0.29, 0.717) is 22.3 Å². The summed E-state index contributed by atoms with van der Waals surface area (Å²) in [6.45, 7) is 7.81. The molecule has 3 N–H and O–H groups in total. The molecular weight excluding hydrogens is 391 g/mol. The number of nitrogens with zero attached hydrogens (tertiary/aromatic N) is 1. The summed E-state index contributed by atoms with van der Waals surface area (Å²) in [5.41, 5.74) is -0.0119. The number of halogens is 2. The number of urea groups is 1. The summed E-state index contributed by atoms with van der Waals surface area (Å²) in [5, 5.41) is 8.40. The second kappa shape index (κ2) is 10.5. The molecule has 0 atom stereocenters. The Bertz CT molecular complexity index is 690. The summed E-state index contributed by atoms with van der Waals surface area (Å²) in [5.74, 6) is -0.804. The standard InChI is InChI=1S/C18H26Cl2N4O3/c1-5-8-24(11-16(26)22-17(27)23-18(2,3)4)10-15(25)21-14-7-6-12(19)9-13(14)20/h6-7,9H,5,8,10-11H2,1-4H3,(H,21,25)(H2,22,23,26,27).